The highest BCUT2D eigenvalue weighted by Gasteiger charge is 2.09. The molecular formula is C17H17N3O. The Labute approximate surface area is 124 Å². The van der Waals surface area contributed by atoms with Gasteiger partial charge in [0, 0.05) is 18.4 Å². The van der Waals surface area contributed by atoms with Gasteiger partial charge in [-0.1, -0.05) is 24.3 Å². The van der Waals surface area contributed by atoms with Crippen LogP contribution in [0.25, 0.3) is 0 Å². The van der Waals surface area contributed by atoms with E-state index in [2.05, 4.69) is 11.4 Å². The third kappa shape index (κ3) is 3.83. The third-order valence-corrected chi connectivity index (χ3v) is 3.22. The largest absolute Gasteiger partial charge is 0.365 e. The zero-order valence-corrected chi connectivity index (χ0v) is 12.1. The number of nitrogens with one attached hydrogen (secondary N) is 1. The standard InChI is InChI=1S/C17H17N3O/c1-13-6-3-4-9-16(13)19-17(21)12-20(2)15-8-5-7-14(10-15)11-18/h3-10H,12H2,1-2H3,(H,19,21). The Morgan fingerprint density at radius 2 is 2.00 bits per heavy atom. The summed E-state index contributed by atoms with van der Waals surface area (Å²) in [5, 5.41) is 11.8. The molecule has 21 heavy (non-hydrogen) atoms. The van der Waals surface area contributed by atoms with Crippen LogP contribution in [-0.2, 0) is 4.79 Å². The molecule has 0 heterocycles. The lowest BCUT2D eigenvalue weighted by atomic mass is 10.2. The van der Waals surface area contributed by atoms with Crippen LogP contribution in [0.5, 0.6) is 0 Å². The van der Waals surface area contributed by atoms with E-state index >= 15 is 0 Å². The van der Waals surface area contributed by atoms with E-state index in [0.717, 1.165) is 16.9 Å². The highest BCUT2D eigenvalue weighted by Crippen LogP contribution is 2.16. The second-order valence-corrected chi connectivity index (χ2v) is 4.88. The number of benzene rings is 2. The molecule has 0 atom stereocenters. The molecule has 0 unspecified atom stereocenters. The number of hydrogen-bond donors (Lipinski definition) is 1. The van der Waals surface area contributed by atoms with Gasteiger partial charge in [0.15, 0.2) is 0 Å². The normalized spacial score (nSPS) is 9.76. The van der Waals surface area contributed by atoms with Gasteiger partial charge in [-0.25, -0.2) is 0 Å². The summed E-state index contributed by atoms with van der Waals surface area (Å²) in [6.45, 7) is 2.18. The summed E-state index contributed by atoms with van der Waals surface area (Å²) < 4.78 is 0. The summed E-state index contributed by atoms with van der Waals surface area (Å²) in [4.78, 5) is 13.9. The van der Waals surface area contributed by atoms with Crippen molar-refractivity contribution in [1.29, 1.82) is 5.26 Å². The van der Waals surface area contributed by atoms with Gasteiger partial charge < -0.3 is 10.2 Å². The fourth-order valence-corrected chi connectivity index (χ4v) is 2.02. The Bertz CT molecular complexity index is 688. The predicted molar refractivity (Wildman–Crippen MR) is 84.2 cm³/mol. The summed E-state index contributed by atoms with van der Waals surface area (Å²) in [5.74, 6) is -0.0887. The first-order chi connectivity index (χ1) is 10.1. The van der Waals surface area contributed by atoms with Gasteiger partial charge in [-0.15, -0.1) is 0 Å². The zero-order valence-electron chi connectivity index (χ0n) is 12.1. The van der Waals surface area contributed by atoms with Crippen molar-refractivity contribution in [2.75, 3.05) is 23.8 Å². The van der Waals surface area contributed by atoms with Crippen LogP contribution in [0.1, 0.15) is 11.1 Å². The topological polar surface area (TPSA) is 56.1 Å². The maximum atomic E-state index is 12.1. The molecule has 0 aliphatic heterocycles. The lowest BCUT2D eigenvalue weighted by Gasteiger charge is -2.19. The van der Waals surface area contributed by atoms with Crippen LogP contribution in [0.2, 0.25) is 0 Å². The highest BCUT2D eigenvalue weighted by molar-refractivity contribution is 5.94. The molecule has 0 saturated heterocycles. The van der Waals surface area contributed by atoms with Crippen LogP contribution in [0, 0.1) is 18.3 Å². The van der Waals surface area contributed by atoms with Crippen molar-refractivity contribution >= 4 is 17.3 Å². The molecular weight excluding hydrogens is 262 g/mol. The monoisotopic (exact) mass is 279 g/mol. The first-order valence-electron chi connectivity index (χ1n) is 6.67. The van der Waals surface area contributed by atoms with Gasteiger partial charge in [0.25, 0.3) is 0 Å². The number of nitriles is 1. The number of rotatable bonds is 4. The average Bonchev–Trinajstić information content (AvgIpc) is 2.49. The van der Waals surface area contributed by atoms with Gasteiger partial charge in [0.05, 0.1) is 18.2 Å². The Hall–Kier alpha value is -2.80. The molecule has 0 aliphatic carbocycles. The van der Waals surface area contributed by atoms with Gasteiger partial charge in [-0.3, -0.25) is 4.79 Å². The quantitative estimate of drug-likeness (QED) is 0.936. The molecule has 0 aromatic heterocycles. The third-order valence-electron chi connectivity index (χ3n) is 3.22. The van der Waals surface area contributed by atoms with Gasteiger partial charge >= 0.3 is 0 Å². The van der Waals surface area contributed by atoms with Crippen molar-refractivity contribution in [3.05, 3.63) is 59.7 Å². The van der Waals surface area contributed by atoms with Crippen LogP contribution in [-0.4, -0.2) is 19.5 Å². The molecule has 0 aliphatic rings. The summed E-state index contributed by atoms with van der Waals surface area (Å²) in [5.41, 5.74) is 3.27. The number of hydrogen-bond acceptors (Lipinski definition) is 3. The zero-order chi connectivity index (χ0) is 15.2. The second-order valence-electron chi connectivity index (χ2n) is 4.88. The van der Waals surface area contributed by atoms with Crippen molar-refractivity contribution in [2.45, 2.75) is 6.92 Å². The Morgan fingerprint density at radius 3 is 2.71 bits per heavy atom. The minimum atomic E-state index is -0.0887. The lowest BCUT2D eigenvalue weighted by Crippen LogP contribution is -2.30. The molecule has 2 rings (SSSR count). The van der Waals surface area contributed by atoms with Crippen LogP contribution in [0.4, 0.5) is 11.4 Å². The summed E-state index contributed by atoms with van der Waals surface area (Å²) in [6.07, 6.45) is 0. The summed E-state index contributed by atoms with van der Waals surface area (Å²) in [7, 11) is 1.83. The number of nitrogens with zero attached hydrogens (tertiary/aromatic N) is 2. The van der Waals surface area contributed by atoms with Gasteiger partial charge in [0.1, 0.15) is 0 Å². The van der Waals surface area contributed by atoms with Gasteiger partial charge in [-0.2, -0.15) is 5.26 Å². The molecule has 0 radical (unpaired) electrons. The van der Waals surface area contributed by atoms with Crippen molar-refractivity contribution in [3.63, 3.8) is 0 Å². The SMILES string of the molecule is Cc1ccccc1NC(=O)CN(C)c1cccc(C#N)c1. The Balaban J connectivity index is 2.02. The molecule has 0 saturated carbocycles. The fraction of sp³-hybridized carbons (Fsp3) is 0.176. The van der Waals surface area contributed by atoms with Crippen LogP contribution < -0.4 is 10.2 Å². The first kappa shape index (κ1) is 14.6. The number of likely N-dealkylation sites (N-methyl/N-ethyl adjacent to an activating group) is 1. The lowest BCUT2D eigenvalue weighted by molar-refractivity contribution is -0.114. The average molecular weight is 279 g/mol. The van der Waals surface area contributed by atoms with E-state index in [9.17, 15) is 4.79 Å². The second kappa shape index (κ2) is 6.58. The van der Waals surface area contributed by atoms with E-state index < -0.39 is 0 Å². The van der Waals surface area contributed by atoms with Crippen molar-refractivity contribution in [3.8, 4) is 6.07 Å². The smallest absolute Gasteiger partial charge is 0.243 e. The van der Waals surface area contributed by atoms with Crippen LogP contribution in [0.15, 0.2) is 48.5 Å². The molecule has 106 valence electrons. The van der Waals surface area contributed by atoms with Crippen molar-refractivity contribution < 1.29 is 4.79 Å². The Morgan fingerprint density at radius 1 is 1.24 bits per heavy atom. The molecule has 0 bridgehead atoms. The Kier molecular flexibility index (Phi) is 4.57. The molecule has 2 aromatic rings. The molecule has 4 nitrogen and oxygen atoms in total. The van der Waals surface area contributed by atoms with E-state index in [-0.39, 0.29) is 12.5 Å². The molecule has 2 aromatic carbocycles. The number of aryl methyl sites for hydroxylation is 1. The van der Waals surface area contributed by atoms with Crippen molar-refractivity contribution in [1.82, 2.24) is 0 Å². The van der Waals surface area contributed by atoms with E-state index in [0.29, 0.717) is 5.56 Å². The van der Waals surface area contributed by atoms with E-state index in [1.165, 1.54) is 0 Å². The fourth-order valence-electron chi connectivity index (χ4n) is 2.02. The maximum absolute atomic E-state index is 12.1. The minimum Gasteiger partial charge on any atom is -0.365 e. The van der Waals surface area contributed by atoms with Crippen LogP contribution >= 0.6 is 0 Å². The number of carbonyl (C=O) groups is 1. The summed E-state index contributed by atoms with van der Waals surface area (Å²) >= 11 is 0. The molecule has 1 N–H and O–H groups in total. The predicted octanol–water partition coefficient (Wildman–Crippen LogP) is 2.94. The first-order valence-corrected chi connectivity index (χ1v) is 6.67. The molecule has 4 heteroatoms. The highest BCUT2D eigenvalue weighted by atomic mass is 16.2. The number of amides is 1. The van der Waals surface area contributed by atoms with Crippen molar-refractivity contribution in [2.24, 2.45) is 0 Å². The van der Waals surface area contributed by atoms with E-state index in [1.807, 2.05) is 55.3 Å². The molecule has 0 spiro atoms. The van der Waals surface area contributed by atoms with Gasteiger partial charge in [-0.05, 0) is 36.8 Å². The number of carbonyl (C=O) groups excluding carboxylic acids is 1. The van der Waals surface area contributed by atoms with E-state index in [4.69, 9.17) is 5.26 Å². The van der Waals surface area contributed by atoms with Gasteiger partial charge in [0.2, 0.25) is 5.91 Å². The van der Waals surface area contributed by atoms with Crippen LogP contribution in [0.3, 0.4) is 0 Å². The summed E-state index contributed by atoms with van der Waals surface area (Å²) in [6, 6.07) is 16.9. The number of para-hydroxylation sites is 1. The van der Waals surface area contributed by atoms with E-state index in [1.54, 1.807) is 12.1 Å². The minimum absolute atomic E-state index is 0.0887. The maximum Gasteiger partial charge on any atom is 0.243 e. The molecule has 1 amide bonds. The number of anilines is 2. The molecule has 0 fully saturated rings.